The maximum Gasteiger partial charge on any atom is 0.261 e. The van der Waals surface area contributed by atoms with Crippen molar-refractivity contribution >= 4 is 28.8 Å². The Kier molecular flexibility index (Phi) is 6.01. The first-order valence-electron chi connectivity index (χ1n) is 9.46. The number of aromatic nitrogens is 2. The number of hydrogen-bond acceptors (Lipinski definition) is 4. The van der Waals surface area contributed by atoms with Crippen LogP contribution in [-0.2, 0) is 13.1 Å². The molecule has 2 aromatic carbocycles. The smallest absolute Gasteiger partial charge is 0.261 e. The molecule has 0 fully saturated rings. The number of hydrogen-bond donors (Lipinski definition) is 2. The molecule has 150 valence electrons. The number of nitrogens with one attached hydrogen (secondary N) is 2. The summed E-state index contributed by atoms with van der Waals surface area (Å²) < 4.78 is 1.81. The molecule has 0 aliphatic heterocycles. The first-order valence-corrected chi connectivity index (χ1v) is 10.3. The van der Waals surface area contributed by atoms with Crippen molar-refractivity contribution < 1.29 is 9.59 Å². The van der Waals surface area contributed by atoms with Crippen molar-refractivity contribution in [1.82, 2.24) is 15.1 Å². The molecule has 4 rings (SSSR count). The predicted octanol–water partition coefficient (Wildman–Crippen LogP) is 4.18. The van der Waals surface area contributed by atoms with Crippen molar-refractivity contribution in [2.75, 3.05) is 5.32 Å². The summed E-state index contributed by atoms with van der Waals surface area (Å²) in [4.78, 5) is 25.4. The first kappa shape index (κ1) is 19.6. The second-order valence-electron chi connectivity index (χ2n) is 6.67. The molecule has 0 unspecified atom stereocenters. The van der Waals surface area contributed by atoms with Crippen LogP contribution in [0, 0.1) is 0 Å². The lowest BCUT2D eigenvalue weighted by Gasteiger charge is -2.12. The van der Waals surface area contributed by atoms with E-state index in [0.29, 0.717) is 23.5 Å². The van der Waals surface area contributed by atoms with Crippen LogP contribution in [-0.4, -0.2) is 21.6 Å². The number of amides is 2. The number of rotatable bonds is 7. The number of carbonyl (C=O) groups is 2. The number of nitrogens with zero attached hydrogens (tertiary/aromatic N) is 2. The van der Waals surface area contributed by atoms with Gasteiger partial charge in [0.25, 0.3) is 11.8 Å². The largest absolute Gasteiger partial charge is 0.347 e. The van der Waals surface area contributed by atoms with Crippen LogP contribution in [0.1, 0.15) is 31.2 Å². The molecule has 30 heavy (non-hydrogen) atoms. The number of carbonyl (C=O) groups excluding carboxylic acids is 2. The fourth-order valence-corrected chi connectivity index (χ4v) is 3.63. The summed E-state index contributed by atoms with van der Waals surface area (Å²) in [7, 11) is 0. The first-order chi connectivity index (χ1) is 14.7. The Labute approximate surface area is 178 Å². The van der Waals surface area contributed by atoms with Crippen molar-refractivity contribution in [2.45, 2.75) is 13.1 Å². The Hall–Kier alpha value is -3.71. The van der Waals surface area contributed by atoms with Gasteiger partial charge >= 0.3 is 0 Å². The summed E-state index contributed by atoms with van der Waals surface area (Å²) in [6.45, 7) is 0.984. The van der Waals surface area contributed by atoms with Crippen molar-refractivity contribution in [3.05, 3.63) is 106 Å². The van der Waals surface area contributed by atoms with E-state index < -0.39 is 0 Å². The Balaban J connectivity index is 1.38. The highest BCUT2D eigenvalue weighted by Gasteiger charge is 2.10. The Morgan fingerprint density at radius 3 is 2.50 bits per heavy atom. The second-order valence-corrected chi connectivity index (χ2v) is 7.62. The minimum absolute atomic E-state index is 0.0967. The third-order valence-electron chi connectivity index (χ3n) is 4.57. The lowest BCUT2D eigenvalue weighted by atomic mass is 10.1. The van der Waals surface area contributed by atoms with E-state index in [4.69, 9.17) is 0 Å². The van der Waals surface area contributed by atoms with Gasteiger partial charge in [-0.2, -0.15) is 5.10 Å². The molecule has 0 radical (unpaired) electrons. The Bertz CT molecular complexity index is 1120. The van der Waals surface area contributed by atoms with Crippen LogP contribution in [0.4, 0.5) is 5.69 Å². The normalized spacial score (nSPS) is 10.5. The minimum Gasteiger partial charge on any atom is -0.347 e. The van der Waals surface area contributed by atoms with Gasteiger partial charge in [0.2, 0.25) is 0 Å². The van der Waals surface area contributed by atoms with Crippen molar-refractivity contribution in [3.8, 4) is 0 Å². The van der Waals surface area contributed by atoms with Gasteiger partial charge < -0.3 is 10.6 Å². The standard InChI is InChI=1S/C23H20N4O2S/c28-22(26-20-6-2-1-5-19(20)16-27-13-4-12-25-27)18-10-8-17(9-11-18)15-24-23(29)21-7-3-14-30-21/h1-14H,15-16H2,(H,24,29)(H,26,28). The van der Waals surface area contributed by atoms with Crippen LogP contribution < -0.4 is 10.6 Å². The summed E-state index contributed by atoms with van der Waals surface area (Å²) in [6, 6.07) is 20.4. The van der Waals surface area contributed by atoms with Gasteiger partial charge in [0.05, 0.1) is 11.4 Å². The fourth-order valence-electron chi connectivity index (χ4n) is 2.99. The highest BCUT2D eigenvalue weighted by molar-refractivity contribution is 7.12. The quantitative estimate of drug-likeness (QED) is 0.475. The van der Waals surface area contributed by atoms with E-state index in [1.165, 1.54) is 11.3 Å². The van der Waals surface area contributed by atoms with Crippen molar-refractivity contribution in [3.63, 3.8) is 0 Å². The van der Waals surface area contributed by atoms with Gasteiger partial charge in [-0.05, 0) is 46.8 Å². The molecule has 0 aliphatic rings. The van der Waals surface area contributed by atoms with Gasteiger partial charge in [0.15, 0.2) is 0 Å². The predicted molar refractivity (Wildman–Crippen MR) is 118 cm³/mol. The summed E-state index contributed by atoms with van der Waals surface area (Å²) in [5, 5.41) is 12.0. The zero-order valence-electron chi connectivity index (χ0n) is 16.1. The number of benzene rings is 2. The SMILES string of the molecule is O=C(Nc1ccccc1Cn1cccn1)c1ccc(CNC(=O)c2cccs2)cc1. The molecule has 0 aliphatic carbocycles. The molecule has 2 heterocycles. The molecule has 2 aromatic heterocycles. The van der Waals surface area contributed by atoms with Crippen LogP contribution >= 0.6 is 11.3 Å². The van der Waals surface area contributed by atoms with Gasteiger partial charge in [-0.1, -0.05) is 36.4 Å². The molecule has 4 aromatic rings. The van der Waals surface area contributed by atoms with Crippen LogP contribution in [0.3, 0.4) is 0 Å². The molecule has 0 atom stereocenters. The molecule has 2 amide bonds. The van der Waals surface area contributed by atoms with Crippen LogP contribution in [0.25, 0.3) is 0 Å². The third kappa shape index (κ3) is 4.82. The lowest BCUT2D eigenvalue weighted by Crippen LogP contribution is -2.21. The van der Waals surface area contributed by atoms with Gasteiger partial charge in [-0.25, -0.2) is 0 Å². The highest BCUT2D eigenvalue weighted by Crippen LogP contribution is 2.18. The van der Waals surface area contributed by atoms with Gasteiger partial charge in [0, 0.05) is 30.2 Å². The highest BCUT2D eigenvalue weighted by atomic mass is 32.1. The molecule has 2 N–H and O–H groups in total. The summed E-state index contributed by atoms with van der Waals surface area (Å²) in [6.07, 6.45) is 3.61. The van der Waals surface area contributed by atoms with Gasteiger partial charge in [-0.3, -0.25) is 14.3 Å². The summed E-state index contributed by atoms with van der Waals surface area (Å²) in [5.74, 6) is -0.280. The van der Waals surface area contributed by atoms with Crippen molar-refractivity contribution in [1.29, 1.82) is 0 Å². The molecule has 0 spiro atoms. The lowest BCUT2D eigenvalue weighted by molar-refractivity contribution is 0.0953. The molecule has 0 saturated heterocycles. The topological polar surface area (TPSA) is 76.0 Å². The van der Waals surface area contributed by atoms with E-state index in [9.17, 15) is 9.59 Å². The zero-order chi connectivity index (χ0) is 20.8. The molecular formula is C23H20N4O2S. The van der Waals surface area contributed by atoms with Crippen LogP contribution in [0.5, 0.6) is 0 Å². The maximum atomic E-state index is 12.7. The minimum atomic E-state index is -0.183. The van der Waals surface area contributed by atoms with Gasteiger partial charge in [0.1, 0.15) is 0 Å². The number of thiophene rings is 1. The monoisotopic (exact) mass is 416 g/mol. The maximum absolute atomic E-state index is 12.7. The third-order valence-corrected chi connectivity index (χ3v) is 5.44. The van der Waals surface area contributed by atoms with Gasteiger partial charge in [-0.15, -0.1) is 11.3 Å². The zero-order valence-corrected chi connectivity index (χ0v) is 16.9. The molecule has 0 bridgehead atoms. The summed E-state index contributed by atoms with van der Waals surface area (Å²) in [5.41, 5.74) is 3.21. The molecular weight excluding hydrogens is 396 g/mol. The summed E-state index contributed by atoms with van der Waals surface area (Å²) >= 11 is 1.41. The Morgan fingerprint density at radius 2 is 1.77 bits per heavy atom. The average molecular weight is 417 g/mol. The van der Waals surface area contributed by atoms with E-state index in [1.54, 1.807) is 24.4 Å². The van der Waals surface area contributed by atoms with Crippen LogP contribution in [0.2, 0.25) is 0 Å². The number of anilines is 1. The molecule has 7 heteroatoms. The number of para-hydroxylation sites is 1. The van der Waals surface area contributed by atoms with E-state index in [1.807, 2.05) is 64.8 Å². The van der Waals surface area contributed by atoms with E-state index >= 15 is 0 Å². The Morgan fingerprint density at radius 1 is 0.933 bits per heavy atom. The van der Waals surface area contributed by atoms with E-state index in [-0.39, 0.29) is 11.8 Å². The van der Waals surface area contributed by atoms with E-state index in [0.717, 1.165) is 16.8 Å². The fraction of sp³-hybridized carbons (Fsp3) is 0.0870. The van der Waals surface area contributed by atoms with Crippen LogP contribution in [0.15, 0.2) is 84.5 Å². The molecule has 0 saturated carbocycles. The average Bonchev–Trinajstić information content (AvgIpc) is 3.48. The molecule has 6 nitrogen and oxygen atoms in total. The second kappa shape index (κ2) is 9.19. The van der Waals surface area contributed by atoms with E-state index in [2.05, 4.69) is 15.7 Å². The van der Waals surface area contributed by atoms with Crippen molar-refractivity contribution in [2.24, 2.45) is 0 Å².